The Morgan fingerprint density at radius 3 is 1.79 bits per heavy atom. The van der Waals surface area contributed by atoms with E-state index in [-0.39, 0.29) is 43.7 Å². The number of aromatic carboxylic acids is 1. The van der Waals surface area contributed by atoms with Gasteiger partial charge in [-0.1, -0.05) is 30.3 Å². The number of aromatic nitrogens is 2. The maximum absolute atomic E-state index is 13.0. The molecule has 0 saturated heterocycles. The van der Waals surface area contributed by atoms with Crippen molar-refractivity contribution in [2.75, 3.05) is 14.2 Å². The van der Waals surface area contributed by atoms with Gasteiger partial charge < -0.3 is 29.3 Å². The van der Waals surface area contributed by atoms with Crippen LogP contribution in [0.4, 0.5) is 0 Å². The summed E-state index contributed by atoms with van der Waals surface area (Å²) in [7, 11) is 2.60. The lowest BCUT2D eigenvalue weighted by molar-refractivity contribution is -0.141. The Labute approximate surface area is 220 Å². The van der Waals surface area contributed by atoms with E-state index in [1.54, 1.807) is 13.8 Å². The van der Waals surface area contributed by atoms with Crippen molar-refractivity contribution in [3.8, 4) is 0 Å². The van der Waals surface area contributed by atoms with E-state index < -0.39 is 23.9 Å². The number of nitrogens with one attached hydrogen (secondary N) is 2. The van der Waals surface area contributed by atoms with Crippen LogP contribution in [0.25, 0.3) is 0 Å². The van der Waals surface area contributed by atoms with E-state index in [2.05, 4.69) is 9.97 Å². The number of ether oxygens (including phenoxy) is 3. The minimum absolute atomic E-state index is 0.0294. The fourth-order valence-corrected chi connectivity index (χ4v) is 4.42. The van der Waals surface area contributed by atoms with Crippen LogP contribution in [0.15, 0.2) is 30.3 Å². The van der Waals surface area contributed by atoms with E-state index in [4.69, 9.17) is 14.2 Å². The molecule has 10 nitrogen and oxygen atoms in total. The van der Waals surface area contributed by atoms with E-state index in [1.807, 2.05) is 30.3 Å². The van der Waals surface area contributed by atoms with Crippen LogP contribution in [0.1, 0.15) is 73.0 Å². The molecule has 0 spiro atoms. The van der Waals surface area contributed by atoms with Crippen molar-refractivity contribution in [3.63, 3.8) is 0 Å². The van der Waals surface area contributed by atoms with Crippen LogP contribution in [0.5, 0.6) is 0 Å². The third kappa shape index (κ3) is 6.70. The summed E-state index contributed by atoms with van der Waals surface area (Å²) in [6.45, 7) is 3.55. The minimum atomic E-state index is -1.12. The molecular formula is C28H32N2O8. The number of H-pyrrole nitrogens is 2. The number of methoxy groups -OCH3 is 2. The second kappa shape index (κ2) is 12.8. The molecule has 0 fully saturated rings. The Hall–Kier alpha value is -4.34. The summed E-state index contributed by atoms with van der Waals surface area (Å²) in [6.07, 6.45) is 0.977. The second-order valence-corrected chi connectivity index (χ2v) is 8.86. The molecule has 2 aromatic heterocycles. The van der Waals surface area contributed by atoms with Crippen molar-refractivity contribution in [2.45, 2.75) is 52.6 Å². The van der Waals surface area contributed by atoms with Crippen LogP contribution in [0.2, 0.25) is 0 Å². The van der Waals surface area contributed by atoms with Crippen LogP contribution in [-0.2, 0) is 49.7 Å². The number of hydrogen-bond donors (Lipinski definition) is 3. The maximum atomic E-state index is 13.0. The third-order valence-corrected chi connectivity index (χ3v) is 6.53. The number of carbonyl (C=O) groups excluding carboxylic acids is 3. The lowest BCUT2D eigenvalue weighted by Gasteiger charge is -2.08. The summed E-state index contributed by atoms with van der Waals surface area (Å²) >= 11 is 0. The van der Waals surface area contributed by atoms with Crippen molar-refractivity contribution in [1.29, 1.82) is 0 Å². The van der Waals surface area contributed by atoms with Gasteiger partial charge in [0.15, 0.2) is 0 Å². The fourth-order valence-electron chi connectivity index (χ4n) is 4.42. The van der Waals surface area contributed by atoms with Gasteiger partial charge in [0.05, 0.1) is 14.2 Å². The molecule has 0 radical (unpaired) electrons. The zero-order valence-corrected chi connectivity index (χ0v) is 21.9. The van der Waals surface area contributed by atoms with Gasteiger partial charge in [-0.25, -0.2) is 9.59 Å². The normalized spacial score (nSPS) is 10.7. The molecule has 0 saturated carbocycles. The number of rotatable bonds is 12. The average molecular weight is 525 g/mol. The quantitative estimate of drug-likeness (QED) is 0.239. The Balaban J connectivity index is 1.96. The molecule has 0 unspecified atom stereocenters. The standard InChI is InChI=1S/C28H32N2O8/c1-16-19(10-12-23(31)36-3)21(29-25(16)27(33)34)14-22-20(11-13-24(32)37-4)17(2)26(30-22)28(35)38-15-18-8-6-5-7-9-18/h5-9,29-30H,10-15H2,1-4H3,(H,33,34). The van der Waals surface area contributed by atoms with E-state index in [9.17, 15) is 24.3 Å². The van der Waals surface area contributed by atoms with Crippen LogP contribution < -0.4 is 0 Å². The van der Waals surface area contributed by atoms with E-state index >= 15 is 0 Å². The molecular weight excluding hydrogens is 492 g/mol. The van der Waals surface area contributed by atoms with Crippen molar-refractivity contribution >= 4 is 23.9 Å². The van der Waals surface area contributed by atoms with Crippen molar-refractivity contribution < 1.29 is 38.5 Å². The average Bonchev–Trinajstić information content (AvgIpc) is 3.40. The smallest absolute Gasteiger partial charge is 0.355 e. The van der Waals surface area contributed by atoms with Crippen molar-refractivity contribution in [3.05, 3.63) is 80.9 Å². The first-order valence-corrected chi connectivity index (χ1v) is 12.1. The highest BCUT2D eigenvalue weighted by molar-refractivity contribution is 5.90. The van der Waals surface area contributed by atoms with Gasteiger partial charge in [-0.15, -0.1) is 0 Å². The molecule has 202 valence electrons. The van der Waals surface area contributed by atoms with Gasteiger partial charge in [0.2, 0.25) is 0 Å². The molecule has 38 heavy (non-hydrogen) atoms. The molecule has 10 heteroatoms. The Bertz CT molecular complexity index is 1320. The number of benzene rings is 1. The molecule has 0 amide bonds. The highest BCUT2D eigenvalue weighted by atomic mass is 16.5. The first-order valence-electron chi connectivity index (χ1n) is 12.1. The molecule has 3 rings (SSSR count). The predicted octanol–water partition coefficient (Wildman–Crippen LogP) is 3.82. The number of aromatic amines is 2. The zero-order valence-electron chi connectivity index (χ0n) is 21.9. The number of carbonyl (C=O) groups is 4. The lowest BCUT2D eigenvalue weighted by Crippen LogP contribution is -2.07. The van der Waals surface area contributed by atoms with Gasteiger partial charge in [-0.05, 0) is 54.5 Å². The van der Waals surface area contributed by atoms with Gasteiger partial charge in [0.1, 0.15) is 18.0 Å². The van der Waals surface area contributed by atoms with E-state index in [0.29, 0.717) is 34.5 Å². The Morgan fingerprint density at radius 1 is 0.789 bits per heavy atom. The van der Waals surface area contributed by atoms with Crippen molar-refractivity contribution in [2.24, 2.45) is 0 Å². The summed E-state index contributed by atoms with van der Waals surface area (Å²) in [5.41, 5.74) is 4.95. The molecule has 0 atom stereocenters. The maximum Gasteiger partial charge on any atom is 0.355 e. The predicted molar refractivity (Wildman–Crippen MR) is 137 cm³/mol. The molecule has 0 aliphatic rings. The third-order valence-electron chi connectivity index (χ3n) is 6.53. The van der Waals surface area contributed by atoms with Gasteiger partial charge >= 0.3 is 23.9 Å². The minimum Gasteiger partial charge on any atom is -0.477 e. The number of hydrogen-bond acceptors (Lipinski definition) is 7. The highest BCUT2D eigenvalue weighted by Crippen LogP contribution is 2.28. The van der Waals surface area contributed by atoms with Gasteiger partial charge in [-0.3, -0.25) is 9.59 Å². The SMILES string of the molecule is COC(=O)CCc1c(Cc2[nH]c(C(=O)OCc3ccccc3)c(C)c2CCC(=O)OC)[nH]c(C(=O)O)c1C. The molecule has 0 aliphatic heterocycles. The molecule has 3 N–H and O–H groups in total. The van der Waals surface area contributed by atoms with E-state index in [0.717, 1.165) is 11.1 Å². The Morgan fingerprint density at radius 2 is 1.29 bits per heavy atom. The van der Waals surface area contributed by atoms with E-state index in [1.165, 1.54) is 14.2 Å². The number of esters is 3. The summed E-state index contributed by atoms with van der Waals surface area (Å²) in [4.78, 5) is 54.6. The van der Waals surface area contributed by atoms with Crippen LogP contribution in [-0.4, -0.2) is 53.2 Å². The van der Waals surface area contributed by atoms with Gasteiger partial charge in [0, 0.05) is 30.7 Å². The largest absolute Gasteiger partial charge is 0.477 e. The molecule has 0 bridgehead atoms. The zero-order chi connectivity index (χ0) is 27.8. The summed E-state index contributed by atoms with van der Waals surface area (Å²) < 4.78 is 15.0. The summed E-state index contributed by atoms with van der Waals surface area (Å²) in [5.74, 6) is -2.47. The van der Waals surface area contributed by atoms with Gasteiger partial charge in [0.25, 0.3) is 0 Å². The van der Waals surface area contributed by atoms with Crippen LogP contribution in [0.3, 0.4) is 0 Å². The second-order valence-electron chi connectivity index (χ2n) is 8.86. The topological polar surface area (TPSA) is 148 Å². The van der Waals surface area contributed by atoms with Crippen LogP contribution >= 0.6 is 0 Å². The molecule has 0 aliphatic carbocycles. The first kappa shape index (κ1) is 28.2. The molecule has 3 aromatic rings. The molecule has 1 aromatic carbocycles. The molecule has 2 heterocycles. The van der Waals surface area contributed by atoms with Crippen molar-refractivity contribution in [1.82, 2.24) is 9.97 Å². The van der Waals surface area contributed by atoms with Gasteiger partial charge in [-0.2, -0.15) is 0 Å². The Kier molecular flexibility index (Phi) is 9.48. The lowest BCUT2D eigenvalue weighted by atomic mass is 9.98. The number of carboxylic acids is 1. The van der Waals surface area contributed by atoms with Crippen LogP contribution in [0, 0.1) is 13.8 Å². The fraction of sp³-hybridized carbons (Fsp3) is 0.357. The monoisotopic (exact) mass is 524 g/mol. The highest BCUT2D eigenvalue weighted by Gasteiger charge is 2.25. The number of carboxylic acid groups (broad SMARTS) is 1. The first-order chi connectivity index (χ1) is 18.2. The summed E-state index contributed by atoms with van der Waals surface area (Å²) in [6, 6.07) is 9.29. The summed E-state index contributed by atoms with van der Waals surface area (Å²) in [5, 5.41) is 9.65.